The first-order valence-corrected chi connectivity index (χ1v) is 5.58. The second kappa shape index (κ2) is 5.51. The number of hydrogen-bond acceptors (Lipinski definition) is 3. The Morgan fingerprint density at radius 3 is 3.06 bits per heavy atom. The Morgan fingerprint density at radius 1 is 1.44 bits per heavy atom. The zero-order valence-corrected chi connectivity index (χ0v) is 9.52. The van der Waals surface area contributed by atoms with Gasteiger partial charge >= 0.3 is 0 Å². The van der Waals surface area contributed by atoms with Crippen LogP contribution >= 0.6 is 0 Å². The van der Waals surface area contributed by atoms with Crippen molar-refractivity contribution >= 4 is 0 Å². The fourth-order valence-corrected chi connectivity index (χ4v) is 1.59. The number of hydrogen-bond donors (Lipinski definition) is 1. The van der Waals surface area contributed by atoms with Crippen molar-refractivity contribution in [2.45, 2.75) is 26.4 Å². The molecular weight excluding hydrogens is 202 g/mol. The lowest BCUT2D eigenvalue weighted by Gasteiger charge is -2.03. The number of rotatable bonds is 6. The Balaban J connectivity index is 1.59. The standard InChI is InChI=1S/C12H17N3O/c1-11-4-5-12(16-11)10-13-6-2-8-15-9-3-7-14-15/h3-5,7,9,13H,2,6,8,10H2,1H3. The molecule has 0 aromatic carbocycles. The van der Waals surface area contributed by atoms with E-state index in [-0.39, 0.29) is 0 Å². The topological polar surface area (TPSA) is 43.0 Å². The predicted molar refractivity (Wildman–Crippen MR) is 62.0 cm³/mol. The van der Waals surface area contributed by atoms with Crippen LogP contribution in [0.1, 0.15) is 17.9 Å². The maximum absolute atomic E-state index is 5.46. The van der Waals surface area contributed by atoms with Crippen LogP contribution in [0.3, 0.4) is 0 Å². The lowest BCUT2D eigenvalue weighted by Crippen LogP contribution is -2.16. The maximum atomic E-state index is 5.46. The summed E-state index contributed by atoms with van der Waals surface area (Å²) >= 11 is 0. The van der Waals surface area contributed by atoms with Gasteiger partial charge in [-0.1, -0.05) is 0 Å². The third kappa shape index (κ3) is 3.24. The highest BCUT2D eigenvalue weighted by Crippen LogP contribution is 2.05. The minimum Gasteiger partial charge on any atom is -0.465 e. The van der Waals surface area contributed by atoms with Crippen molar-refractivity contribution in [1.29, 1.82) is 0 Å². The Morgan fingerprint density at radius 2 is 2.38 bits per heavy atom. The van der Waals surface area contributed by atoms with Crippen LogP contribution < -0.4 is 5.32 Å². The van der Waals surface area contributed by atoms with E-state index in [0.717, 1.165) is 37.6 Å². The summed E-state index contributed by atoms with van der Waals surface area (Å²) in [6.07, 6.45) is 4.86. The van der Waals surface area contributed by atoms with Crippen molar-refractivity contribution in [2.75, 3.05) is 6.54 Å². The molecule has 4 nitrogen and oxygen atoms in total. The first-order chi connectivity index (χ1) is 7.84. The van der Waals surface area contributed by atoms with Gasteiger partial charge in [-0.3, -0.25) is 4.68 Å². The average Bonchev–Trinajstić information content (AvgIpc) is 2.89. The van der Waals surface area contributed by atoms with Crippen molar-refractivity contribution in [2.24, 2.45) is 0 Å². The van der Waals surface area contributed by atoms with E-state index in [1.54, 1.807) is 6.20 Å². The Bertz CT molecular complexity index is 406. The lowest BCUT2D eigenvalue weighted by atomic mass is 10.4. The molecule has 0 spiro atoms. The molecular formula is C12H17N3O. The van der Waals surface area contributed by atoms with Crippen LogP contribution in [0.15, 0.2) is 35.0 Å². The van der Waals surface area contributed by atoms with Crippen LogP contribution in [0.4, 0.5) is 0 Å². The zero-order chi connectivity index (χ0) is 11.2. The predicted octanol–water partition coefficient (Wildman–Crippen LogP) is 1.96. The van der Waals surface area contributed by atoms with Gasteiger partial charge in [0.1, 0.15) is 11.5 Å². The molecule has 0 fully saturated rings. The summed E-state index contributed by atoms with van der Waals surface area (Å²) in [4.78, 5) is 0. The monoisotopic (exact) mass is 219 g/mol. The molecule has 2 aromatic rings. The molecule has 16 heavy (non-hydrogen) atoms. The van der Waals surface area contributed by atoms with Gasteiger partial charge in [0.2, 0.25) is 0 Å². The third-order valence-electron chi connectivity index (χ3n) is 2.40. The van der Waals surface area contributed by atoms with Gasteiger partial charge in [-0.15, -0.1) is 0 Å². The number of furan rings is 1. The van der Waals surface area contributed by atoms with E-state index in [0.29, 0.717) is 0 Å². The Labute approximate surface area is 95.3 Å². The van der Waals surface area contributed by atoms with E-state index in [9.17, 15) is 0 Å². The van der Waals surface area contributed by atoms with Crippen LogP contribution in [0.2, 0.25) is 0 Å². The fraction of sp³-hybridized carbons (Fsp3) is 0.417. The fourth-order valence-electron chi connectivity index (χ4n) is 1.59. The molecule has 0 unspecified atom stereocenters. The summed E-state index contributed by atoms with van der Waals surface area (Å²) < 4.78 is 7.40. The van der Waals surface area contributed by atoms with Crippen LogP contribution in [0.25, 0.3) is 0 Å². The van der Waals surface area contributed by atoms with Gasteiger partial charge in [0.05, 0.1) is 6.54 Å². The van der Waals surface area contributed by atoms with Crippen LogP contribution in [0, 0.1) is 6.92 Å². The Kier molecular flexibility index (Phi) is 3.77. The molecule has 2 aromatic heterocycles. The highest BCUT2D eigenvalue weighted by atomic mass is 16.3. The molecule has 86 valence electrons. The van der Waals surface area contributed by atoms with E-state index >= 15 is 0 Å². The molecule has 0 amide bonds. The first-order valence-electron chi connectivity index (χ1n) is 5.58. The molecule has 2 heterocycles. The van der Waals surface area contributed by atoms with E-state index in [1.807, 2.05) is 36.0 Å². The minimum absolute atomic E-state index is 0.799. The van der Waals surface area contributed by atoms with Crippen molar-refractivity contribution in [3.05, 3.63) is 42.1 Å². The smallest absolute Gasteiger partial charge is 0.117 e. The largest absolute Gasteiger partial charge is 0.465 e. The van der Waals surface area contributed by atoms with E-state index in [1.165, 1.54) is 0 Å². The van der Waals surface area contributed by atoms with Gasteiger partial charge in [-0.05, 0) is 38.1 Å². The minimum atomic E-state index is 0.799. The first kappa shape index (κ1) is 11.0. The summed E-state index contributed by atoms with van der Waals surface area (Å²) in [5.74, 6) is 1.96. The zero-order valence-electron chi connectivity index (χ0n) is 9.52. The second-order valence-corrected chi connectivity index (χ2v) is 3.81. The van der Waals surface area contributed by atoms with Crippen LogP contribution in [0.5, 0.6) is 0 Å². The molecule has 0 aliphatic heterocycles. The molecule has 0 radical (unpaired) electrons. The number of aryl methyl sites for hydroxylation is 2. The van der Waals surface area contributed by atoms with E-state index in [4.69, 9.17) is 4.42 Å². The summed E-state index contributed by atoms with van der Waals surface area (Å²) in [6, 6.07) is 5.94. The molecule has 0 atom stereocenters. The summed E-state index contributed by atoms with van der Waals surface area (Å²) in [7, 11) is 0. The Hall–Kier alpha value is -1.55. The SMILES string of the molecule is Cc1ccc(CNCCCn2cccn2)o1. The quantitative estimate of drug-likeness (QED) is 0.755. The van der Waals surface area contributed by atoms with Gasteiger partial charge in [-0.2, -0.15) is 5.10 Å². The molecule has 0 saturated heterocycles. The maximum Gasteiger partial charge on any atom is 0.117 e. The van der Waals surface area contributed by atoms with E-state index in [2.05, 4.69) is 10.4 Å². The van der Waals surface area contributed by atoms with E-state index < -0.39 is 0 Å². The molecule has 1 N–H and O–H groups in total. The number of nitrogens with zero attached hydrogens (tertiary/aromatic N) is 2. The lowest BCUT2D eigenvalue weighted by molar-refractivity contribution is 0.454. The summed E-state index contributed by atoms with van der Waals surface area (Å²) in [5, 5.41) is 7.49. The van der Waals surface area contributed by atoms with Crippen LogP contribution in [-0.2, 0) is 13.1 Å². The van der Waals surface area contributed by atoms with Crippen molar-refractivity contribution in [1.82, 2.24) is 15.1 Å². The number of aromatic nitrogens is 2. The molecule has 0 bridgehead atoms. The highest BCUT2D eigenvalue weighted by molar-refractivity contribution is 5.04. The van der Waals surface area contributed by atoms with Gasteiger partial charge < -0.3 is 9.73 Å². The summed E-state index contributed by atoms with van der Waals surface area (Å²) in [5.41, 5.74) is 0. The highest BCUT2D eigenvalue weighted by Gasteiger charge is 1.97. The third-order valence-corrected chi connectivity index (χ3v) is 2.40. The van der Waals surface area contributed by atoms with Crippen molar-refractivity contribution in [3.63, 3.8) is 0 Å². The van der Waals surface area contributed by atoms with Gasteiger partial charge in [0.15, 0.2) is 0 Å². The average molecular weight is 219 g/mol. The molecule has 0 saturated carbocycles. The second-order valence-electron chi connectivity index (χ2n) is 3.81. The molecule has 2 rings (SSSR count). The number of nitrogens with one attached hydrogen (secondary N) is 1. The normalized spacial score (nSPS) is 10.8. The van der Waals surface area contributed by atoms with Crippen LogP contribution in [-0.4, -0.2) is 16.3 Å². The molecule has 0 aliphatic carbocycles. The molecule has 0 aliphatic rings. The van der Waals surface area contributed by atoms with Crippen molar-refractivity contribution in [3.8, 4) is 0 Å². The van der Waals surface area contributed by atoms with Gasteiger partial charge in [0.25, 0.3) is 0 Å². The summed E-state index contributed by atoms with van der Waals surface area (Å²) in [6.45, 7) is 4.69. The van der Waals surface area contributed by atoms with Gasteiger partial charge in [0, 0.05) is 18.9 Å². The van der Waals surface area contributed by atoms with Crippen molar-refractivity contribution < 1.29 is 4.42 Å². The molecule has 4 heteroatoms. The van der Waals surface area contributed by atoms with Gasteiger partial charge in [-0.25, -0.2) is 0 Å².